The van der Waals surface area contributed by atoms with Gasteiger partial charge in [0.1, 0.15) is 17.1 Å². The van der Waals surface area contributed by atoms with Crippen LogP contribution >= 0.6 is 0 Å². The monoisotopic (exact) mass is 538 g/mol. The highest BCUT2D eigenvalue weighted by Gasteiger charge is 2.46. The highest BCUT2D eigenvalue weighted by molar-refractivity contribution is 5.82. The first-order chi connectivity index (χ1) is 17.7. The molecule has 6 heteroatoms. The minimum atomic E-state index is -0.278. The van der Waals surface area contributed by atoms with Crippen molar-refractivity contribution in [3.63, 3.8) is 0 Å². The summed E-state index contributed by atoms with van der Waals surface area (Å²) >= 11 is 0. The van der Waals surface area contributed by atoms with Gasteiger partial charge in [-0.15, -0.1) is 0 Å². The predicted molar refractivity (Wildman–Crippen MR) is 157 cm³/mol. The number of aryl methyl sites for hydroxylation is 1. The first-order valence-electron chi connectivity index (χ1n) is 14.3. The Morgan fingerprint density at radius 3 is 1.87 bits per heavy atom. The average molecular weight is 539 g/mol. The summed E-state index contributed by atoms with van der Waals surface area (Å²) in [4.78, 5) is 25.1. The zero-order valence-corrected chi connectivity index (χ0v) is 26.0. The number of carbonyl (C=O) groups is 2. The molecule has 1 aliphatic heterocycles. The number of aromatic hydroxyl groups is 1. The Balaban J connectivity index is 1.54. The minimum Gasteiger partial charge on any atom is -0.507 e. The van der Waals surface area contributed by atoms with Gasteiger partial charge in [0.2, 0.25) is 11.8 Å². The van der Waals surface area contributed by atoms with E-state index in [1.807, 2.05) is 12.1 Å². The second-order valence-corrected chi connectivity index (χ2v) is 14.9. The van der Waals surface area contributed by atoms with Crippen LogP contribution in [0.4, 0.5) is 0 Å². The summed E-state index contributed by atoms with van der Waals surface area (Å²) in [6.07, 6.45) is 4.97. The SMILES string of the molecule is CC(C)(C)C1=C2OC(C)(C)C2=CC(CCC(=O)NNC(=O)CCc2cc(C(C)(C)C)c(O)c(C(C)(C)C)c2)C1. The van der Waals surface area contributed by atoms with Crippen LogP contribution in [0, 0.1) is 11.3 Å². The fraction of sp³-hybridized carbons (Fsp3) is 0.636. The molecule has 1 unspecified atom stereocenters. The normalized spacial score (nSPS) is 18.9. The molecule has 1 saturated heterocycles. The van der Waals surface area contributed by atoms with E-state index in [1.165, 1.54) is 11.1 Å². The Labute approximate surface area is 235 Å². The Bertz CT molecular complexity index is 1150. The van der Waals surface area contributed by atoms with E-state index in [0.717, 1.165) is 28.9 Å². The van der Waals surface area contributed by atoms with Crippen LogP contribution in [0.25, 0.3) is 0 Å². The third-order valence-electron chi connectivity index (χ3n) is 7.81. The summed E-state index contributed by atoms with van der Waals surface area (Å²) in [5.74, 6) is 1.22. The summed E-state index contributed by atoms with van der Waals surface area (Å²) in [6.45, 7) is 23.2. The second kappa shape index (κ2) is 10.7. The van der Waals surface area contributed by atoms with Gasteiger partial charge in [0.05, 0.1) is 0 Å². The molecule has 6 nitrogen and oxygen atoms in total. The van der Waals surface area contributed by atoms with Gasteiger partial charge in [0.25, 0.3) is 0 Å². The van der Waals surface area contributed by atoms with Crippen LogP contribution in [0.3, 0.4) is 0 Å². The molecule has 1 aromatic carbocycles. The van der Waals surface area contributed by atoms with Gasteiger partial charge in [-0.05, 0) is 77.5 Å². The molecule has 0 spiro atoms. The lowest BCUT2D eigenvalue weighted by molar-refractivity contribution is -0.129. The smallest absolute Gasteiger partial charge is 0.238 e. The number of rotatable bonds is 6. The number of allylic oxidation sites excluding steroid dienone is 2. The van der Waals surface area contributed by atoms with Crippen LogP contribution in [0.15, 0.2) is 35.1 Å². The molecule has 0 saturated carbocycles. The Morgan fingerprint density at radius 2 is 1.41 bits per heavy atom. The number of nitrogens with one attached hydrogen (secondary N) is 2. The maximum Gasteiger partial charge on any atom is 0.238 e. The number of hydrazine groups is 1. The molecule has 2 amide bonds. The van der Waals surface area contributed by atoms with Gasteiger partial charge in [-0.3, -0.25) is 20.4 Å². The molecule has 1 aromatic rings. The van der Waals surface area contributed by atoms with Gasteiger partial charge >= 0.3 is 0 Å². The van der Waals surface area contributed by atoms with Crippen molar-refractivity contribution in [1.82, 2.24) is 10.9 Å². The molecule has 0 radical (unpaired) electrons. The van der Waals surface area contributed by atoms with E-state index < -0.39 is 0 Å². The quantitative estimate of drug-likeness (QED) is 0.344. The van der Waals surface area contributed by atoms with Crippen molar-refractivity contribution in [2.45, 2.75) is 125 Å². The molecule has 1 fully saturated rings. The van der Waals surface area contributed by atoms with Gasteiger partial charge in [-0.25, -0.2) is 0 Å². The molecule has 216 valence electrons. The third-order valence-corrected chi connectivity index (χ3v) is 7.81. The highest BCUT2D eigenvalue weighted by Crippen LogP contribution is 2.52. The van der Waals surface area contributed by atoms with E-state index >= 15 is 0 Å². The Morgan fingerprint density at radius 1 is 0.897 bits per heavy atom. The first kappa shape index (κ1) is 30.8. The number of phenolic OH excluding ortho intramolecular Hbond substituents is 1. The molecule has 1 atom stereocenters. The molecular formula is C33H50N2O4. The molecule has 1 heterocycles. The molecule has 2 aliphatic rings. The summed E-state index contributed by atoms with van der Waals surface area (Å²) in [5.41, 5.74) is 9.78. The van der Waals surface area contributed by atoms with Crippen molar-refractivity contribution < 1.29 is 19.4 Å². The van der Waals surface area contributed by atoms with Gasteiger partial charge in [0, 0.05) is 18.4 Å². The van der Waals surface area contributed by atoms with Crippen LogP contribution in [0.2, 0.25) is 0 Å². The number of ether oxygens (including phenoxy) is 1. The maximum atomic E-state index is 12.6. The number of amides is 2. The maximum absolute atomic E-state index is 12.6. The fourth-order valence-electron chi connectivity index (χ4n) is 5.40. The second-order valence-electron chi connectivity index (χ2n) is 14.9. The van der Waals surface area contributed by atoms with Crippen molar-refractivity contribution in [2.24, 2.45) is 11.3 Å². The van der Waals surface area contributed by atoms with E-state index in [-0.39, 0.29) is 46.0 Å². The van der Waals surface area contributed by atoms with E-state index in [1.54, 1.807) is 0 Å². The topological polar surface area (TPSA) is 87.7 Å². The lowest BCUT2D eigenvalue weighted by Gasteiger charge is -2.48. The summed E-state index contributed by atoms with van der Waals surface area (Å²) in [7, 11) is 0. The van der Waals surface area contributed by atoms with Crippen LogP contribution < -0.4 is 10.9 Å². The molecule has 1 aliphatic carbocycles. The van der Waals surface area contributed by atoms with E-state index in [9.17, 15) is 14.7 Å². The van der Waals surface area contributed by atoms with Crippen molar-refractivity contribution in [3.05, 3.63) is 51.8 Å². The molecule has 39 heavy (non-hydrogen) atoms. The van der Waals surface area contributed by atoms with Gasteiger partial charge < -0.3 is 9.84 Å². The number of phenols is 1. The van der Waals surface area contributed by atoms with Gasteiger partial charge in [0.15, 0.2) is 0 Å². The molecule has 3 rings (SSSR count). The van der Waals surface area contributed by atoms with E-state index in [2.05, 4.69) is 93.1 Å². The minimum absolute atomic E-state index is 0.0125. The third kappa shape index (κ3) is 7.26. The molecule has 3 N–H and O–H groups in total. The highest BCUT2D eigenvalue weighted by atomic mass is 16.5. The van der Waals surface area contributed by atoms with Crippen LogP contribution in [0.1, 0.15) is 119 Å². The number of carbonyl (C=O) groups excluding carboxylic acids is 2. The van der Waals surface area contributed by atoms with E-state index in [4.69, 9.17) is 4.74 Å². The Kier molecular flexibility index (Phi) is 8.42. The number of benzene rings is 1. The molecular weight excluding hydrogens is 488 g/mol. The lowest BCUT2D eigenvalue weighted by Crippen LogP contribution is -2.43. The largest absolute Gasteiger partial charge is 0.507 e. The number of hydrogen-bond acceptors (Lipinski definition) is 4. The number of fused-ring (bicyclic) bond motifs is 1. The summed E-state index contributed by atoms with van der Waals surface area (Å²) in [6, 6.07) is 3.99. The van der Waals surface area contributed by atoms with Crippen LogP contribution in [0.5, 0.6) is 5.75 Å². The van der Waals surface area contributed by atoms with E-state index in [0.29, 0.717) is 25.0 Å². The predicted octanol–water partition coefficient (Wildman–Crippen LogP) is 6.90. The van der Waals surface area contributed by atoms with Crippen molar-refractivity contribution in [2.75, 3.05) is 0 Å². The lowest BCUT2D eigenvalue weighted by atomic mass is 9.70. The average Bonchev–Trinajstić information content (AvgIpc) is 2.78. The van der Waals surface area contributed by atoms with Crippen LogP contribution in [-0.2, 0) is 31.6 Å². The van der Waals surface area contributed by atoms with Gasteiger partial charge in [-0.2, -0.15) is 0 Å². The standard InChI is InChI=1S/C33H50N2O4/c1-30(2,3)22-16-20(17-23(28(22)38)31(4,5)6)12-14-26(36)34-35-27(37)15-13-21-18-24(32(7,8)9)29-25(19-21)33(10,11)39-29/h16-17,19,21,38H,12-15,18H2,1-11H3,(H,34,36)(H,35,37). The van der Waals surface area contributed by atoms with Crippen LogP contribution in [-0.4, -0.2) is 22.5 Å². The molecule has 0 aromatic heterocycles. The zero-order valence-electron chi connectivity index (χ0n) is 26.0. The molecule has 0 bridgehead atoms. The zero-order chi connectivity index (χ0) is 29.6. The number of hydrogen-bond donors (Lipinski definition) is 3. The van der Waals surface area contributed by atoms with Crippen molar-refractivity contribution in [1.29, 1.82) is 0 Å². The van der Waals surface area contributed by atoms with Crippen molar-refractivity contribution in [3.8, 4) is 5.75 Å². The summed E-state index contributed by atoms with van der Waals surface area (Å²) in [5, 5.41) is 10.9. The Hall–Kier alpha value is -2.76. The first-order valence-corrected chi connectivity index (χ1v) is 14.3. The fourth-order valence-corrected chi connectivity index (χ4v) is 5.40. The summed E-state index contributed by atoms with van der Waals surface area (Å²) < 4.78 is 6.09. The van der Waals surface area contributed by atoms with Crippen molar-refractivity contribution >= 4 is 11.8 Å². The van der Waals surface area contributed by atoms with Gasteiger partial charge in [-0.1, -0.05) is 80.5 Å².